The minimum atomic E-state index is 0.574. The number of hydrogen-bond donors (Lipinski definition) is 1. The van der Waals surface area contributed by atoms with Gasteiger partial charge in [-0.05, 0) is 20.9 Å². The van der Waals surface area contributed by atoms with Crippen molar-refractivity contribution in [1.82, 2.24) is 10.2 Å². The standard InChI is InChI=1S/C6H14N2/c1-5-4-8(3)6(2)7-5/h5-7H,4H2,1-3H3. The number of nitrogens with zero attached hydrogens (tertiary/aromatic N) is 1. The fraction of sp³-hybridized carbons (Fsp3) is 1.00. The summed E-state index contributed by atoms with van der Waals surface area (Å²) in [4.78, 5) is 2.31. The molecule has 0 aliphatic carbocycles. The molecule has 1 rings (SSSR count). The fourth-order valence-electron chi connectivity index (χ4n) is 1.18. The van der Waals surface area contributed by atoms with E-state index in [1.807, 2.05) is 0 Å². The summed E-state index contributed by atoms with van der Waals surface area (Å²) in [5, 5.41) is 3.39. The Kier molecular flexibility index (Phi) is 1.54. The molecule has 0 aromatic heterocycles. The Bertz CT molecular complexity index is 72.6. The number of likely N-dealkylation sites (N-methyl/N-ethyl adjacent to an activating group) is 1. The first-order valence-corrected chi connectivity index (χ1v) is 3.16. The van der Waals surface area contributed by atoms with Crippen LogP contribution in [0.5, 0.6) is 0 Å². The summed E-state index contributed by atoms with van der Waals surface area (Å²) in [6.07, 6.45) is 0.574. The second-order valence-corrected chi connectivity index (χ2v) is 2.68. The van der Waals surface area contributed by atoms with Crippen LogP contribution in [0.3, 0.4) is 0 Å². The van der Waals surface area contributed by atoms with Crippen molar-refractivity contribution >= 4 is 0 Å². The van der Waals surface area contributed by atoms with Crippen molar-refractivity contribution in [2.75, 3.05) is 13.6 Å². The molecule has 2 nitrogen and oxygen atoms in total. The predicted octanol–water partition coefficient (Wildman–Crippen LogP) is 0.256. The summed E-state index contributed by atoms with van der Waals surface area (Å²) in [7, 11) is 2.14. The first kappa shape index (κ1) is 6.05. The van der Waals surface area contributed by atoms with Gasteiger partial charge in [-0.1, -0.05) is 0 Å². The van der Waals surface area contributed by atoms with E-state index in [1.165, 1.54) is 6.54 Å². The highest BCUT2D eigenvalue weighted by Crippen LogP contribution is 2.02. The summed E-state index contributed by atoms with van der Waals surface area (Å²) in [6, 6.07) is 0.676. The summed E-state index contributed by atoms with van der Waals surface area (Å²) in [5.74, 6) is 0. The average molecular weight is 114 g/mol. The van der Waals surface area contributed by atoms with Gasteiger partial charge in [0.2, 0.25) is 0 Å². The van der Waals surface area contributed by atoms with Gasteiger partial charge >= 0.3 is 0 Å². The zero-order valence-corrected chi connectivity index (χ0v) is 5.81. The Hall–Kier alpha value is -0.0800. The number of rotatable bonds is 0. The highest BCUT2D eigenvalue weighted by Gasteiger charge is 2.20. The molecule has 1 fully saturated rings. The summed E-state index contributed by atoms with van der Waals surface area (Å²) in [6.45, 7) is 5.57. The Labute approximate surface area is 50.9 Å². The maximum absolute atomic E-state index is 3.39. The van der Waals surface area contributed by atoms with E-state index in [1.54, 1.807) is 0 Å². The minimum Gasteiger partial charge on any atom is -0.298 e. The molecular weight excluding hydrogens is 100 g/mol. The van der Waals surface area contributed by atoms with Crippen molar-refractivity contribution in [3.05, 3.63) is 0 Å². The zero-order chi connectivity index (χ0) is 6.15. The quantitative estimate of drug-likeness (QED) is 0.486. The topological polar surface area (TPSA) is 15.3 Å². The SMILES string of the molecule is CC1CN(C)C(C)N1. The smallest absolute Gasteiger partial charge is 0.0568 e. The highest BCUT2D eigenvalue weighted by atomic mass is 15.3. The van der Waals surface area contributed by atoms with Crippen molar-refractivity contribution in [2.24, 2.45) is 0 Å². The lowest BCUT2D eigenvalue weighted by Gasteiger charge is -2.11. The van der Waals surface area contributed by atoms with E-state index >= 15 is 0 Å². The van der Waals surface area contributed by atoms with Crippen LogP contribution in [0.2, 0.25) is 0 Å². The van der Waals surface area contributed by atoms with Gasteiger partial charge in [0.25, 0.3) is 0 Å². The third-order valence-corrected chi connectivity index (χ3v) is 1.75. The lowest BCUT2D eigenvalue weighted by Crippen LogP contribution is -2.30. The number of nitrogens with one attached hydrogen (secondary N) is 1. The van der Waals surface area contributed by atoms with Crippen molar-refractivity contribution in [2.45, 2.75) is 26.1 Å². The van der Waals surface area contributed by atoms with Crippen molar-refractivity contribution in [3.8, 4) is 0 Å². The van der Waals surface area contributed by atoms with Crippen LogP contribution in [-0.2, 0) is 0 Å². The van der Waals surface area contributed by atoms with E-state index < -0.39 is 0 Å². The lowest BCUT2D eigenvalue weighted by atomic mass is 10.4. The average Bonchev–Trinajstić information content (AvgIpc) is 1.85. The van der Waals surface area contributed by atoms with Crippen LogP contribution in [0.25, 0.3) is 0 Å². The summed E-state index contributed by atoms with van der Waals surface area (Å²) >= 11 is 0. The maximum Gasteiger partial charge on any atom is 0.0568 e. The normalized spacial score (nSPS) is 40.9. The predicted molar refractivity (Wildman–Crippen MR) is 34.7 cm³/mol. The van der Waals surface area contributed by atoms with Crippen LogP contribution in [-0.4, -0.2) is 30.7 Å². The Balaban J connectivity index is 2.39. The molecule has 0 saturated carbocycles. The van der Waals surface area contributed by atoms with E-state index in [0.29, 0.717) is 12.2 Å². The molecule has 48 valence electrons. The van der Waals surface area contributed by atoms with Gasteiger partial charge in [0.05, 0.1) is 6.17 Å². The molecule has 1 heterocycles. The van der Waals surface area contributed by atoms with Gasteiger partial charge in [0, 0.05) is 12.6 Å². The van der Waals surface area contributed by atoms with E-state index in [0.717, 1.165) is 0 Å². The molecule has 8 heavy (non-hydrogen) atoms. The molecule has 0 aromatic rings. The molecule has 1 aliphatic rings. The van der Waals surface area contributed by atoms with Gasteiger partial charge in [-0.2, -0.15) is 0 Å². The van der Waals surface area contributed by atoms with Crippen LogP contribution in [0.15, 0.2) is 0 Å². The van der Waals surface area contributed by atoms with Crippen molar-refractivity contribution < 1.29 is 0 Å². The molecule has 1 N–H and O–H groups in total. The van der Waals surface area contributed by atoms with Crippen LogP contribution < -0.4 is 5.32 Å². The lowest BCUT2D eigenvalue weighted by molar-refractivity contribution is 0.315. The molecule has 1 saturated heterocycles. The maximum atomic E-state index is 3.39. The van der Waals surface area contributed by atoms with Gasteiger partial charge in [-0.25, -0.2) is 0 Å². The molecule has 0 aromatic carbocycles. The third kappa shape index (κ3) is 1.01. The van der Waals surface area contributed by atoms with E-state index in [9.17, 15) is 0 Å². The van der Waals surface area contributed by atoms with Gasteiger partial charge in [0.1, 0.15) is 0 Å². The largest absolute Gasteiger partial charge is 0.298 e. The van der Waals surface area contributed by atoms with Gasteiger partial charge < -0.3 is 0 Å². The second kappa shape index (κ2) is 2.03. The Morgan fingerprint density at radius 3 is 2.25 bits per heavy atom. The van der Waals surface area contributed by atoms with Crippen LogP contribution >= 0.6 is 0 Å². The second-order valence-electron chi connectivity index (χ2n) is 2.68. The van der Waals surface area contributed by atoms with Gasteiger partial charge in [-0.3, -0.25) is 10.2 Å². The molecule has 1 aliphatic heterocycles. The van der Waals surface area contributed by atoms with Crippen molar-refractivity contribution in [3.63, 3.8) is 0 Å². The highest BCUT2D eigenvalue weighted by molar-refractivity contribution is 4.77. The van der Waals surface area contributed by atoms with Crippen LogP contribution in [0.4, 0.5) is 0 Å². The molecule has 0 bridgehead atoms. The molecule has 0 spiro atoms. The fourth-order valence-corrected chi connectivity index (χ4v) is 1.18. The Morgan fingerprint density at radius 1 is 1.50 bits per heavy atom. The molecule has 2 heteroatoms. The van der Waals surface area contributed by atoms with E-state index in [2.05, 4.69) is 31.1 Å². The molecule has 0 amide bonds. The first-order valence-electron chi connectivity index (χ1n) is 3.16. The number of hydrogen-bond acceptors (Lipinski definition) is 2. The molecule has 2 unspecified atom stereocenters. The molecule has 2 atom stereocenters. The van der Waals surface area contributed by atoms with Gasteiger partial charge in [0.15, 0.2) is 0 Å². The monoisotopic (exact) mass is 114 g/mol. The first-order chi connectivity index (χ1) is 3.70. The van der Waals surface area contributed by atoms with Gasteiger partial charge in [-0.15, -0.1) is 0 Å². The molecular formula is C6H14N2. The van der Waals surface area contributed by atoms with E-state index in [-0.39, 0.29) is 0 Å². The Morgan fingerprint density at radius 2 is 2.12 bits per heavy atom. The minimum absolute atomic E-state index is 0.574. The van der Waals surface area contributed by atoms with E-state index in [4.69, 9.17) is 0 Å². The zero-order valence-electron chi connectivity index (χ0n) is 5.81. The van der Waals surface area contributed by atoms with Crippen LogP contribution in [0.1, 0.15) is 13.8 Å². The third-order valence-electron chi connectivity index (χ3n) is 1.75. The van der Waals surface area contributed by atoms with Crippen molar-refractivity contribution in [1.29, 1.82) is 0 Å². The van der Waals surface area contributed by atoms with Crippen LogP contribution in [0, 0.1) is 0 Å². The summed E-state index contributed by atoms with van der Waals surface area (Å²) < 4.78 is 0. The molecule has 0 radical (unpaired) electrons. The summed E-state index contributed by atoms with van der Waals surface area (Å²) in [5.41, 5.74) is 0.